The third kappa shape index (κ3) is 5.88. The molecule has 1 atom stereocenters. The molecule has 8 heteroatoms. The molecule has 0 aliphatic heterocycles. The predicted molar refractivity (Wildman–Crippen MR) is 125 cm³/mol. The second kappa shape index (κ2) is 10.6. The van der Waals surface area contributed by atoms with Gasteiger partial charge in [-0.2, -0.15) is 4.31 Å². The summed E-state index contributed by atoms with van der Waals surface area (Å²) in [7, 11) is -0.764. The van der Waals surface area contributed by atoms with Crippen LogP contribution in [0, 0.1) is 0 Å². The highest BCUT2D eigenvalue weighted by Crippen LogP contribution is 2.30. The van der Waals surface area contributed by atoms with Gasteiger partial charge in [-0.05, 0) is 47.5 Å². The first-order valence-corrected chi connectivity index (χ1v) is 11.8. The summed E-state index contributed by atoms with van der Waals surface area (Å²) < 4.78 is 32.9. The highest BCUT2D eigenvalue weighted by molar-refractivity contribution is 7.89. The van der Waals surface area contributed by atoms with Gasteiger partial charge in [0.1, 0.15) is 5.75 Å². The van der Waals surface area contributed by atoms with E-state index in [1.165, 1.54) is 23.5 Å². The molecule has 1 amide bonds. The van der Waals surface area contributed by atoms with Gasteiger partial charge in [0, 0.05) is 25.0 Å². The summed E-state index contributed by atoms with van der Waals surface area (Å²) >= 11 is 5.90. The van der Waals surface area contributed by atoms with Crippen LogP contribution < -0.4 is 10.1 Å². The van der Waals surface area contributed by atoms with Crippen molar-refractivity contribution in [3.8, 4) is 5.75 Å². The highest BCUT2D eigenvalue weighted by Gasteiger charge is 2.30. The van der Waals surface area contributed by atoms with Crippen molar-refractivity contribution in [3.05, 3.63) is 95.0 Å². The number of ether oxygens (including phenoxy) is 1. The third-order valence-corrected chi connectivity index (χ3v) is 7.27. The van der Waals surface area contributed by atoms with Gasteiger partial charge in [-0.3, -0.25) is 4.79 Å². The minimum atomic E-state index is -3.81. The molecule has 0 spiro atoms. The van der Waals surface area contributed by atoms with E-state index in [4.69, 9.17) is 16.3 Å². The van der Waals surface area contributed by atoms with E-state index in [0.29, 0.717) is 22.9 Å². The Kier molecular flexibility index (Phi) is 7.90. The maximum atomic E-state index is 13.2. The zero-order valence-electron chi connectivity index (χ0n) is 17.9. The normalized spacial score (nSPS) is 12.4. The largest absolute Gasteiger partial charge is 0.497 e. The predicted octanol–water partition coefficient (Wildman–Crippen LogP) is 4.42. The number of rotatable bonds is 9. The molecule has 3 aromatic rings. The summed E-state index contributed by atoms with van der Waals surface area (Å²) in [5.41, 5.74) is 1.59. The zero-order valence-corrected chi connectivity index (χ0v) is 19.4. The van der Waals surface area contributed by atoms with E-state index >= 15 is 0 Å². The Hall–Kier alpha value is -2.87. The summed E-state index contributed by atoms with van der Waals surface area (Å²) in [5.74, 6) is 0.379. The van der Waals surface area contributed by atoms with Crippen molar-refractivity contribution in [2.75, 3.05) is 14.2 Å². The van der Waals surface area contributed by atoms with E-state index in [0.717, 1.165) is 5.56 Å². The maximum absolute atomic E-state index is 13.2. The molecule has 32 heavy (non-hydrogen) atoms. The van der Waals surface area contributed by atoms with Gasteiger partial charge < -0.3 is 10.1 Å². The Labute approximate surface area is 193 Å². The number of benzene rings is 3. The summed E-state index contributed by atoms with van der Waals surface area (Å²) in [6, 6.07) is 21.7. The highest BCUT2D eigenvalue weighted by atomic mass is 35.5. The Morgan fingerprint density at radius 1 is 1.00 bits per heavy atom. The van der Waals surface area contributed by atoms with Crippen molar-refractivity contribution in [2.45, 2.75) is 23.9 Å². The van der Waals surface area contributed by atoms with Crippen LogP contribution in [0.25, 0.3) is 0 Å². The lowest BCUT2D eigenvalue weighted by molar-refractivity contribution is -0.122. The smallest absolute Gasteiger partial charge is 0.243 e. The van der Waals surface area contributed by atoms with E-state index in [2.05, 4.69) is 5.32 Å². The van der Waals surface area contributed by atoms with Gasteiger partial charge in [-0.25, -0.2) is 8.42 Å². The Morgan fingerprint density at radius 3 is 2.22 bits per heavy atom. The fourth-order valence-electron chi connectivity index (χ4n) is 3.26. The van der Waals surface area contributed by atoms with Crippen LogP contribution in [0.4, 0.5) is 0 Å². The lowest BCUT2D eigenvalue weighted by atomic mass is 10.0. The second-order valence-corrected chi connectivity index (χ2v) is 9.66. The minimum absolute atomic E-state index is 0.0392. The number of sulfonamides is 1. The number of nitrogens with one attached hydrogen (secondary N) is 1. The number of methoxy groups -OCH3 is 1. The molecule has 0 saturated heterocycles. The summed E-state index contributed by atoms with van der Waals surface area (Å²) in [6.07, 6.45) is -0.0392. The van der Waals surface area contributed by atoms with Crippen LogP contribution in [0.5, 0.6) is 5.75 Å². The molecule has 0 heterocycles. The number of hydrogen-bond acceptors (Lipinski definition) is 4. The van der Waals surface area contributed by atoms with Gasteiger partial charge >= 0.3 is 0 Å². The first kappa shape index (κ1) is 23.8. The fourth-order valence-corrected chi connectivity index (χ4v) is 4.75. The first-order valence-electron chi connectivity index (χ1n) is 9.99. The van der Waals surface area contributed by atoms with Crippen molar-refractivity contribution >= 4 is 27.5 Å². The molecule has 0 aliphatic carbocycles. The number of carbonyl (C=O) groups is 1. The maximum Gasteiger partial charge on any atom is 0.243 e. The van der Waals surface area contributed by atoms with Crippen LogP contribution in [0.3, 0.4) is 0 Å². The minimum Gasteiger partial charge on any atom is -0.497 e. The zero-order chi connectivity index (χ0) is 23.1. The van der Waals surface area contributed by atoms with E-state index < -0.39 is 16.1 Å². The molecular weight excluding hydrogens is 448 g/mol. The summed E-state index contributed by atoms with van der Waals surface area (Å²) in [4.78, 5) is 12.9. The number of amides is 1. The molecule has 1 N–H and O–H groups in total. The number of hydrogen-bond donors (Lipinski definition) is 1. The van der Waals surface area contributed by atoms with Crippen LogP contribution in [0.1, 0.15) is 23.6 Å². The van der Waals surface area contributed by atoms with Gasteiger partial charge in [0.2, 0.25) is 15.9 Å². The molecule has 0 bridgehead atoms. The van der Waals surface area contributed by atoms with Crippen molar-refractivity contribution in [2.24, 2.45) is 0 Å². The molecule has 168 valence electrons. The lowest BCUT2D eigenvalue weighted by Crippen LogP contribution is -2.35. The average Bonchev–Trinajstić information content (AvgIpc) is 2.82. The van der Waals surface area contributed by atoms with E-state index in [9.17, 15) is 13.2 Å². The number of halogens is 1. The van der Waals surface area contributed by atoms with Crippen LogP contribution in [-0.4, -0.2) is 32.8 Å². The van der Waals surface area contributed by atoms with E-state index in [-0.39, 0.29) is 17.2 Å². The Balaban J connectivity index is 1.83. The fraction of sp³-hybridized carbons (Fsp3) is 0.208. The molecule has 3 aromatic carbocycles. The molecule has 0 aromatic heterocycles. The Morgan fingerprint density at radius 2 is 1.62 bits per heavy atom. The standard InChI is InChI=1S/C24H25ClN2O4S/c1-27(32(29,30)22-6-4-3-5-7-22)23(19-10-14-21(31-2)15-11-19)16-24(28)26-17-18-8-12-20(25)13-9-18/h3-15,23H,16-17H2,1-2H3,(H,26,28)/t23-/m0/s1. The van der Waals surface area contributed by atoms with Crippen molar-refractivity contribution < 1.29 is 17.9 Å². The summed E-state index contributed by atoms with van der Waals surface area (Å²) in [5, 5.41) is 3.48. The second-order valence-electron chi connectivity index (χ2n) is 7.23. The SMILES string of the molecule is COc1ccc([C@H](CC(=O)NCc2ccc(Cl)cc2)N(C)S(=O)(=O)c2ccccc2)cc1. The van der Waals surface area contributed by atoms with Crippen molar-refractivity contribution in [1.82, 2.24) is 9.62 Å². The van der Waals surface area contributed by atoms with Crippen molar-refractivity contribution in [3.63, 3.8) is 0 Å². The van der Waals surface area contributed by atoms with E-state index in [1.54, 1.807) is 61.7 Å². The van der Waals surface area contributed by atoms with E-state index in [1.807, 2.05) is 12.1 Å². The summed E-state index contributed by atoms with van der Waals surface area (Å²) in [6.45, 7) is 0.320. The quantitative estimate of drug-likeness (QED) is 0.500. The third-order valence-electron chi connectivity index (χ3n) is 5.14. The number of nitrogens with zero attached hydrogens (tertiary/aromatic N) is 1. The first-order chi connectivity index (χ1) is 15.3. The number of carbonyl (C=O) groups excluding carboxylic acids is 1. The van der Waals surface area contributed by atoms with Crippen LogP contribution >= 0.6 is 11.6 Å². The van der Waals surface area contributed by atoms with Gasteiger partial charge in [0.15, 0.2) is 0 Å². The topological polar surface area (TPSA) is 75.7 Å². The molecule has 0 saturated carbocycles. The molecule has 3 rings (SSSR count). The average molecular weight is 473 g/mol. The molecule has 0 radical (unpaired) electrons. The van der Waals surface area contributed by atoms with Gasteiger partial charge in [-0.15, -0.1) is 0 Å². The molecule has 0 aliphatic rings. The molecule has 0 unspecified atom stereocenters. The molecular formula is C24H25ClN2O4S. The monoisotopic (exact) mass is 472 g/mol. The van der Waals surface area contributed by atoms with Crippen LogP contribution in [0.2, 0.25) is 5.02 Å². The van der Waals surface area contributed by atoms with Gasteiger partial charge in [-0.1, -0.05) is 54.1 Å². The van der Waals surface area contributed by atoms with Crippen molar-refractivity contribution in [1.29, 1.82) is 0 Å². The molecule has 0 fully saturated rings. The van der Waals surface area contributed by atoms with Gasteiger partial charge in [0.25, 0.3) is 0 Å². The Bertz CT molecular complexity index is 1130. The lowest BCUT2D eigenvalue weighted by Gasteiger charge is -2.28. The van der Waals surface area contributed by atoms with Crippen LogP contribution in [0.15, 0.2) is 83.8 Å². The van der Waals surface area contributed by atoms with Gasteiger partial charge in [0.05, 0.1) is 18.0 Å². The molecule has 6 nitrogen and oxygen atoms in total. The van der Waals surface area contributed by atoms with Crippen LogP contribution in [-0.2, 0) is 21.4 Å².